The summed E-state index contributed by atoms with van der Waals surface area (Å²) >= 11 is 1.29. The first-order valence-corrected chi connectivity index (χ1v) is 8.03. The lowest BCUT2D eigenvalue weighted by Gasteiger charge is -2.14. The van der Waals surface area contributed by atoms with E-state index in [1.807, 2.05) is 0 Å². The third-order valence-electron chi connectivity index (χ3n) is 2.89. The second-order valence-corrected chi connectivity index (χ2v) is 5.22. The number of hydrogen-bond donors (Lipinski definition) is 2. The Bertz CT molecular complexity index is 651. The van der Waals surface area contributed by atoms with E-state index in [9.17, 15) is 0 Å². The zero-order valence-electron chi connectivity index (χ0n) is 13.4. The van der Waals surface area contributed by atoms with Crippen molar-refractivity contribution in [3.05, 3.63) is 17.6 Å². The molecule has 0 aliphatic carbocycles. The molecule has 0 saturated carbocycles. The summed E-state index contributed by atoms with van der Waals surface area (Å²) in [4.78, 5) is 0. The summed E-state index contributed by atoms with van der Waals surface area (Å²) in [6.45, 7) is 1.34. The molecule has 0 radical (unpaired) electrons. The minimum Gasteiger partial charge on any atom is -0.495 e. The van der Waals surface area contributed by atoms with Crippen molar-refractivity contribution in [1.82, 2.24) is 10.2 Å². The highest BCUT2D eigenvalue weighted by atomic mass is 32.1. The van der Waals surface area contributed by atoms with Gasteiger partial charge in [-0.3, -0.25) is 0 Å². The summed E-state index contributed by atoms with van der Waals surface area (Å²) in [7, 11) is 3.13. The van der Waals surface area contributed by atoms with Crippen molar-refractivity contribution in [2.75, 3.05) is 45.9 Å². The number of aromatic nitrogens is 2. The Kier molecular flexibility index (Phi) is 7.33. The maximum atomic E-state index is 8.67. The van der Waals surface area contributed by atoms with Gasteiger partial charge in [-0.15, -0.1) is 20.4 Å². The Balaban J connectivity index is 2.12. The molecule has 0 bridgehead atoms. The number of nitrogens with one attached hydrogen (secondary N) is 1. The summed E-state index contributed by atoms with van der Waals surface area (Å²) < 4.78 is 15.9. The van der Waals surface area contributed by atoms with Crippen LogP contribution in [-0.4, -0.2) is 55.9 Å². The van der Waals surface area contributed by atoms with Crippen LogP contribution in [0.25, 0.3) is 0 Å². The van der Waals surface area contributed by atoms with Crippen LogP contribution in [0, 0.1) is 0 Å². The summed E-state index contributed by atoms with van der Waals surface area (Å²) in [6.07, 6.45) is 0. The summed E-state index contributed by atoms with van der Waals surface area (Å²) in [5.74, 6) is 1.15. The average Bonchev–Trinajstić information content (AvgIpc) is 3.13. The van der Waals surface area contributed by atoms with E-state index in [1.54, 1.807) is 31.9 Å². The molecule has 0 aliphatic heterocycles. The first kappa shape index (κ1) is 18.0. The lowest BCUT2D eigenvalue weighted by atomic mass is 10.2. The molecule has 10 heteroatoms. The van der Waals surface area contributed by atoms with Crippen LogP contribution >= 0.6 is 11.3 Å². The number of hydrogen-bond acceptors (Lipinski definition) is 10. The van der Waals surface area contributed by atoms with E-state index in [2.05, 4.69) is 25.7 Å². The van der Waals surface area contributed by atoms with Gasteiger partial charge in [-0.05, 0) is 0 Å². The fourth-order valence-electron chi connectivity index (χ4n) is 1.83. The van der Waals surface area contributed by atoms with Crippen LogP contribution in [0.4, 0.5) is 16.5 Å². The van der Waals surface area contributed by atoms with E-state index in [4.69, 9.17) is 19.3 Å². The van der Waals surface area contributed by atoms with Gasteiger partial charge in [0.1, 0.15) is 22.7 Å². The molecular weight excluding hydrogens is 334 g/mol. The molecule has 2 N–H and O–H groups in total. The molecule has 130 valence electrons. The fourth-order valence-corrected chi connectivity index (χ4v) is 2.20. The summed E-state index contributed by atoms with van der Waals surface area (Å²) in [5.41, 5.74) is 2.85. The molecule has 2 aromatic rings. The molecule has 0 fully saturated rings. The second-order valence-electron chi connectivity index (χ2n) is 4.41. The van der Waals surface area contributed by atoms with Gasteiger partial charge in [-0.2, -0.15) is 0 Å². The minimum absolute atomic E-state index is 0.00542. The predicted octanol–water partition coefficient (Wildman–Crippen LogP) is 2.39. The molecule has 0 unspecified atom stereocenters. The number of methoxy groups -OCH3 is 2. The maximum absolute atomic E-state index is 8.67. The van der Waals surface area contributed by atoms with Gasteiger partial charge >= 0.3 is 0 Å². The minimum atomic E-state index is 0.00542. The fraction of sp³-hybridized carbons (Fsp3) is 0.429. The number of rotatable bonds is 10. The lowest BCUT2D eigenvalue weighted by Crippen LogP contribution is -2.12. The van der Waals surface area contributed by atoms with Gasteiger partial charge < -0.3 is 24.6 Å². The molecule has 1 heterocycles. The average molecular weight is 353 g/mol. The Hall–Kier alpha value is -2.30. The molecule has 9 nitrogen and oxygen atoms in total. The molecule has 0 atom stereocenters. The Morgan fingerprint density at radius 3 is 2.67 bits per heavy atom. The second kappa shape index (κ2) is 9.75. The van der Waals surface area contributed by atoms with Crippen molar-refractivity contribution >= 4 is 27.8 Å². The van der Waals surface area contributed by atoms with Crippen molar-refractivity contribution in [2.24, 2.45) is 10.2 Å². The zero-order valence-corrected chi connectivity index (χ0v) is 14.2. The molecule has 1 aromatic heterocycles. The van der Waals surface area contributed by atoms with E-state index < -0.39 is 0 Å². The normalized spacial score (nSPS) is 11.0. The van der Waals surface area contributed by atoms with Gasteiger partial charge in [-0.25, -0.2) is 0 Å². The van der Waals surface area contributed by atoms with Crippen molar-refractivity contribution in [2.45, 2.75) is 0 Å². The number of azo groups is 1. The van der Waals surface area contributed by atoms with E-state index in [1.165, 1.54) is 11.3 Å². The number of benzene rings is 1. The highest BCUT2D eigenvalue weighted by Gasteiger charge is 2.11. The van der Waals surface area contributed by atoms with Crippen LogP contribution in [0.1, 0.15) is 0 Å². The molecule has 0 amide bonds. The van der Waals surface area contributed by atoms with Crippen LogP contribution in [0.2, 0.25) is 0 Å². The highest BCUT2D eigenvalue weighted by Crippen LogP contribution is 2.38. The summed E-state index contributed by atoms with van der Waals surface area (Å²) in [6, 6.07) is 3.50. The van der Waals surface area contributed by atoms with Crippen LogP contribution in [-0.2, 0) is 4.74 Å². The maximum Gasteiger partial charge on any atom is 0.251 e. The standard InChI is InChI=1S/C14H19N5O4S/c1-21-12-8-11(17-19-14-18-16-9-24-14)13(22-2)7-10(12)15-3-5-23-6-4-20/h7-9,15,20H,3-6H2,1-2H3/b19-17+. The van der Waals surface area contributed by atoms with Gasteiger partial charge in [0, 0.05) is 18.7 Å². The first-order chi connectivity index (χ1) is 11.8. The Morgan fingerprint density at radius 2 is 2.00 bits per heavy atom. The molecule has 0 saturated heterocycles. The third kappa shape index (κ3) is 5.11. The van der Waals surface area contributed by atoms with Crippen molar-refractivity contribution < 1.29 is 19.3 Å². The number of ether oxygens (including phenoxy) is 3. The van der Waals surface area contributed by atoms with E-state index in [0.29, 0.717) is 42.1 Å². The summed E-state index contributed by atoms with van der Waals surface area (Å²) in [5, 5.41) is 28.0. The molecule has 0 spiro atoms. The number of nitrogens with zero attached hydrogens (tertiary/aromatic N) is 4. The smallest absolute Gasteiger partial charge is 0.251 e. The first-order valence-electron chi connectivity index (χ1n) is 7.15. The van der Waals surface area contributed by atoms with Crippen LogP contribution in [0.15, 0.2) is 27.9 Å². The largest absolute Gasteiger partial charge is 0.495 e. The highest BCUT2D eigenvalue weighted by molar-refractivity contribution is 7.13. The molecule has 1 aromatic carbocycles. The van der Waals surface area contributed by atoms with Gasteiger partial charge in [0.25, 0.3) is 5.13 Å². The lowest BCUT2D eigenvalue weighted by molar-refractivity contribution is 0.0992. The number of aliphatic hydroxyl groups excluding tert-OH is 1. The Morgan fingerprint density at radius 1 is 1.17 bits per heavy atom. The van der Waals surface area contributed by atoms with Crippen LogP contribution in [0.3, 0.4) is 0 Å². The third-order valence-corrected chi connectivity index (χ3v) is 3.46. The number of aliphatic hydroxyl groups is 1. The van der Waals surface area contributed by atoms with Crippen molar-refractivity contribution in [3.63, 3.8) is 0 Å². The van der Waals surface area contributed by atoms with Gasteiger partial charge in [-0.1, -0.05) is 11.3 Å². The molecule has 2 rings (SSSR count). The van der Waals surface area contributed by atoms with Crippen LogP contribution < -0.4 is 14.8 Å². The monoisotopic (exact) mass is 353 g/mol. The van der Waals surface area contributed by atoms with Gasteiger partial charge in [0.15, 0.2) is 0 Å². The number of anilines is 1. The quantitative estimate of drug-likeness (QED) is 0.498. The predicted molar refractivity (Wildman–Crippen MR) is 90.0 cm³/mol. The van der Waals surface area contributed by atoms with Gasteiger partial charge in [0.2, 0.25) is 0 Å². The molecule has 24 heavy (non-hydrogen) atoms. The van der Waals surface area contributed by atoms with E-state index in [-0.39, 0.29) is 6.61 Å². The van der Waals surface area contributed by atoms with Crippen LogP contribution in [0.5, 0.6) is 11.5 Å². The SMILES string of the molecule is COc1cc(NCCOCCO)c(OC)cc1/N=N/c1nncs1. The van der Waals surface area contributed by atoms with Crippen molar-refractivity contribution in [1.29, 1.82) is 0 Å². The zero-order chi connectivity index (χ0) is 17.2. The van der Waals surface area contributed by atoms with Gasteiger partial charge in [0.05, 0.1) is 39.7 Å². The molecule has 0 aliphatic rings. The molecular formula is C14H19N5O4S. The van der Waals surface area contributed by atoms with E-state index >= 15 is 0 Å². The Labute approximate surface area is 143 Å². The van der Waals surface area contributed by atoms with Crippen molar-refractivity contribution in [3.8, 4) is 11.5 Å². The van der Waals surface area contributed by atoms with E-state index in [0.717, 1.165) is 5.69 Å². The topological polar surface area (TPSA) is 110 Å².